The molecule has 1 heterocycles. The van der Waals surface area contributed by atoms with Gasteiger partial charge in [0, 0.05) is 18.7 Å². The first-order valence-corrected chi connectivity index (χ1v) is 5.59. The molecule has 1 aliphatic rings. The molecule has 0 spiro atoms. The molecule has 1 unspecified atom stereocenters. The first-order valence-electron chi connectivity index (χ1n) is 5.59. The molecular weight excluding hydrogens is 245 g/mol. The lowest BCUT2D eigenvalue weighted by molar-refractivity contribution is -0.123. The van der Waals surface area contributed by atoms with Gasteiger partial charge in [0.25, 0.3) is 0 Å². The molecule has 98 valence electrons. The number of rotatable bonds is 2. The highest BCUT2D eigenvalue weighted by atomic mass is 19.2. The molecule has 1 aromatic rings. The number of amides is 1. The second kappa shape index (κ2) is 4.61. The second-order valence-corrected chi connectivity index (χ2v) is 4.69. The second-order valence-electron chi connectivity index (χ2n) is 4.69. The molecule has 2 N–H and O–H groups in total. The van der Waals surface area contributed by atoms with E-state index >= 15 is 0 Å². The topological polar surface area (TPSA) is 41.1 Å². The van der Waals surface area contributed by atoms with E-state index < -0.39 is 28.8 Å². The Hall–Kier alpha value is -1.56. The normalized spacial score (nSPS) is 23.1. The molecular formula is C12H13F3N2O. The summed E-state index contributed by atoms with van der Waals surface area (Å²) in [6.07, 6.45) is 0.615. The van der Waals surface area contributed by atoms with Crippen molar-refractivity contribution in [2.24, 2.45) is 5.41 Å². The summed E-state index contributed by atoms with van der Waals surface area (Å²) >= 11 is 0. The Bertz CT molecular complexity index is 484. The monoisotopic (exact) mass is 258 g/mol. The van der Waals surface area contributed by atoms with Crippen LogP contribution >= 0.6 is 0 Å². The van der Waals surface area contributed by atoms with Crippen LogP contribution in [0.4, 0.5) is 18.9 Å². The summed E-state index contributed by atoms with van der Waals surface area (Å²) in [5.41, 5.74) is -0.996. The van der Waals surface area contributed by atoms with Crippen molar-refractivity contribution in [3.8, 4) is 0 Å². The van der Waals surface area contributed by atoms with Crippen molar-refractivity contribution in [3.05, 3.63) is 29.6 Å². The van der Waals surface area contributed by atoms with Crippen molar-refractivity contribution in [2.45, 2.75) is 13.3 Å². The number of hydrogen-bond donors (Lipinski definition) is 2. The summed E-state index contributed by atoms with van der Waals surface area (Å²) < 4.78 is 39.1. The van der Waals surface area contributed by atoms with E-state index in [0.717, 1.165) is 0 Å². The van der Waals surface area contributed by atoms with Crippen molar-refractivity contribution in [2.75, 3.05) is 18.4 Å². The van der Waals surface area contributed by atoms with Gasteiger partial charge in [-0.25, -0.2) is 13.2 Å². The number of carbonyl (C=O) groups excluding carboxylic acids is 1. The van der Waals surface area contributed by atoms with Gasteiger partial charge in [-0.05, 0) is 19.9 Å². The third kappa shape index (κ3) is 2.33. The summed E-state index contributed by atoms with van der Waals surface area (Å²) in [5.74, 6) is -3.87. The number of benzene rings is 1. The van der Waals surface area contributed by atoms with E-state index in [1.807, 2.05) is 0 Å². The van der Waals surface area contributed by atoms with Gasteiger partial charge in [0.2, 0.25) is 5.91 Å². The number of nitrogens with one attached hydrogen (secondary N) is 2. The van der Waals surface area contributed by atoms with Crippen LogP contribution in [0.3, 0.4) is 0 Å². The minimum absolute atomic E-state index is 0.341. The van der Waals surface area contributed by atoms with E-state index in [-0.39, 0.29) is 5.69 Å². The maximum absolute atomic E-state index is 13.4. The van der Waals surface area contributed by atoms with E-state index in [2.05, 4.69) is 10.6 Å². The average Bonchev–Trinajstić information content (AvgIpc) is 2.74. The van der Waals surface area contributed by atoms with Crippen molar-refractivity contribution in [3.63, 3.8) is 0 Å². The SMILES string of the molecule is CC1(C(=O)Nc2cc(F)c(F)cc2F)CCNC1. The molecule has 1 atom stereocenters. The van der Waals surface area contributed by atoms with Gasteiger partial charge >= 0.3 is 0 Å². The molecule has 1 fully saturated rings. The van der Waals surface area contributed by atoms with Gasteiger partial charge in [-0.15, -0.1) is 0 Å². The third-order valence-corrected chi connectivity index (χ3v) is 3.18. The van der Waals surface area contributed by atoms with Crippen molar-refractivity contribution >= 4 is 11.6 Å². The Kier molecular flexibility index (Phi) is 3.30. The van der Waals surface area contributed by atoms with Crippen LogP contribution in [0, 0.1) is 22.9 Å². The maximum atomic E-state index is 13.4. The highest BCUT2D eigenvalue weighted by Crippen LogP contribution is 2.27. The summed E-state index contributed by atoms with van der Waals surface area (Å²) in [6.45, 7) is 2.91. The zero-order valence-corrected chi connectivity index (χ0v) is 9.82. The van der Waals surface area contributed by atoms with Crippen LogP contribution in [0.5, 0.6) is 0 Å². The molecule has 3 nitrogen and oxygen atoms in total. The summed E-state index contributed by atoms with van der Waals surface area (Å²) in [7, 11) is 0. The summed E-state index contributed by atoms with van der Waals surface area (Å²) in [5, 5.41) is 5.33. The van der Waals surface area contributed by atoms with Crippen molar-refractivity contribution < 1.29 is 18.0 Å². The van der Waals surface area contributed by atoms with Gasteiger partial charge in [0.15, 0.2) is 11.6 Å². The highest BCUT2D eigenvalue weighted by molar-refractivity contribution is 5.95. The lowest BCUT2D eigenvalue weighted by Crippen LogP contribution is -2.35. The quantitative estimate of drug-likeness (QED) is 0.797. The minimum atomic E-state index is -1.28. The summed E-state index contributed by atoms with van der Waals surface area (Å²) in [4.78, 5) is 12.0. The fourth-order valence-corrected chi connectivity index (χ4v) is 1.90. The van der Waals surface area contributed by atoms with Crippen LogP contribution in [0.15, 0.2) is 12.1 Å². The number of halogens is 3. The summed E-state index contributed by atoms with van der Waals surface area (Å²) in [6, 6.07) is 1.06. The molecule has 1 amide bonds. The molecule has 0 bridgehead atoms. The van der Waals surface area contributed by atoms with Gasteiger partial charge < -0.3 is 10.6 Å². The third-order valence-electron chi connectivity index (χ3n) is 3.18. The fraction of sp³-hybridized carbons (Fsp3) is 0.417. The maximum Gasteiger partial charge on any atom is 0.231 e. The van der Waals surface area contributed by atoms with Crippen LogP contribution in [0.1, 0.15) is 13.3 Å². The van der Waals surface area contributed by atoms with Crippen LogP contribution < -0.4 is 10.6 Å². The molecule has 0 aliphatic carbocycles. The predicted molar refractivity (Wildman–Crippen MR) is 60.5 cm³/mol. The van der Waals surface area contributed by atoms with E-state index in [0.29, 0.717) is 31.6 Å². The average molecular weight is 258 g/mol. The Morgan fingerprint density at radius 2 is 1.94 bits per heavy atom. The Balaban J connectivity index is 2.19. The Morgan fingerprint density at radius 3 is 2.56 bits per heavy atom. The van der Waals surface area contributed by atoms with Gasteiger partial charge in [-0.2, -0.15) is 0 Å². The molecule has 0 radical (unpaired) electrons. The molecule has 0 saturated carbocycles. The molecule has 1 saturated heterocycles. The van der Waals surface area contributed by atoms with E-state index in [1.165, 1.54) is 0 Å². The predicted octanol–water partition coefficient (Wildman–Crippen LogP) is 2.04. The lowest BCUT2D eigenvalue weighted by atomic mass is 9.89. The standard InChI is InChI=1S/C12H13F3N2O/c1-12(2-3-16-6-12)11(18)17-10-5-8(14)7(13)4-9(10)15/h4-5,16H,2-3,6H2,1H3,(H,17,18). The molecule has 2 rings (SSSR count). The zero-order valence-electron chi connectivity index (χ0n) is 9.82. The molecule has 18 heavy (non-hydrogen) atoms. The molecule has 6 heteroatoms. The van der Waals surface area contributed by atoms with Crippen LogP contribution in [0.2, 0.25) is 0 Å². The van der Waals surface area contributed by atoms with Crippen molar-refractivity contribution in [1.29, 1.82) is 0 Å². The fourth-order valence-electron chi connectivity index (χ4n) is 1.90. The molecule has 0 aromatic heterocycles. The van der Waals surface area contributed by atoms with Gasteiger partial charge in [-0.3, -0.25) is 4.79 Å². The van der Waals surface area contributed by atoms with Crippen molar-refractivity contribution in [1.82, 2.24) is 5.32 Å². The van der Waals surface area contributed by atoms with Crippen LogP contribution in [-0.2, 0) is 4.79 Å². The number of hydrogen-bond acceptors (Lipinski definition) is 2. The number of anilines is 1. The minimum Gasteiger partial charge on any atom is -0.323 e. The largest absolute Gasteiger partial charge is 0.323 e. The Labute approximate surface area is 102 Å². The van der Waals surface area contributed by atoms with Crippen LogP contribution in [0.25, 0.3) is 0 Å². The number of carbonyl (C=O) groups is 1. The first kappa shape index (κ1) is 12.9. The van der Waals surface area contributed by atoms with Crippen LogP contribution in [-0.4, -0.2) is 19.0 Å². The highest BCUT2D eigenvalue weighted by Gasteiger charge is 2.36. The van der Waals surface area contributed by atoms with E-state index in [1.54, 1.807) is 6.92 Å². The molecule has 1 aliphatic heterocycles. The first-order chi connectivity index (χ1) is 8.42. The van der Waals surface area contributed by atoms with Gasteiger partial charge in [-0.1, -0.05) is 0 Å². The van der Waals surface area contributed by atoms with Gasteiger partial charge in [0.05, 0.1) is 11.1 Å². The van der Waals surface area contributed by atoms with E-state index in [4.69, 9.17) is 0 Å². The van der Waals surface area contributed by atoms with E-state index in [9.17, 15) is 18.0 Å². The molecule has 1 aromatic carbocycles. The van der Waals surface area contributed by atoms with Gasteiger partial charge in [0.1, 0.15) is 5.82 Å². The smallest absolute Gasteiger partial charge is 0.231 e. The zero-order chi connectivity index (χ0) is 13.3. The lowest BCUT2D eigenvalue weighted by Gasteiger charge is -2.21. The Morgan fingerprint density at radius 1 is 1.28 bits per heavy atom.